The van der Waals surface area contributed by atoms with E-state index in [0.717, 1.165) is 38.5 Å². The fourth-order valence-electron chi connectivity index (χ4n) is 3.17. The maximum Gasteiger partial charge on any atom is 0.410 e. The molecule has 2 atom stereocenters. The van der Waals surface area contributed by atoms with E-state index in [-0.39, 0.29) is 6.09 Å². The monoisotopic (exact) mass is 268 g/mol. The largest absolute Gasteiger partial charge is 0.444 e. The van der Waals surface area contributed by atoms with Crippen molar-refractivity contribution in [3.05, 3.63) is 0 Å². The molecule has 1 amide bonds. The van der Waals surface area contributed by atoms with E-state index in [1.165, 1.54) is 19.3 Å². The highest BCUT2D eigenvalue weighted by molar-refractivity contribution is 5.68. The maximum atomic E-state index is 12.1. The first-order valence-corrected chi connectivity index (χ1v) is 7.64. The van der Waals surface area contributed by atoms with E-state index in [0.29, 0.717) is 5.92 Å². The van der Waals surface area contributed by atoms with Crippen molar-refractivity contribution in [3.8, 4) is 0 Å². The first-order valence-electron chi connectivity index (χ1n) is 7.64. The number of likely N-dealkylation sites (tertiary alicyclic amines) is 1. The van der Waals surface area contributed by atoms with Crippen LogP contribution < -0.4 is 5.32 Å². The Balaban J connectivity index is 1.87. The van der Waals surface area contributed by atoms with Crippen LogP contribution >= 0.6 is 0 Å². The average Bonchev–Trinajstić information content (AvgIpc) is 2.38. The van der Waals surface area contributed by atoms with Gasteiger partial charge in [-0.15, -0.1) is 0 Å². The lowest BCUT2D eigenvalue weighted by atomic mass is 9.81. The van der Waals surface area contributed by atoms with Gasteiger partial charge >= 0.3 is 6.09 Å². The predicted molar refractivity (Wildman–Crippen MR) is 76.1 cm³/mol. The van der Waals surface area contributed by atoms with Crippen molar-refractivity contribution in [2.24, 2.45) is 11.8 Å². The number of carbonyl (C=O) groups is 1. The van der Waals surface area contributed by atoms with Crippen molar-refractivity contribution < 1.29 is 9.53 Å². The Kier molecular flexibility index (Phi) is 4.71. The topological polar surface area (TPSA) is 41.6 Å². The Bertz CT molecular complexity index is 306. The molecule has 0 saturated carbocycles. The average molecular weight is 268 g/mol. The van der Waals surface area contributed by atoms with E-state index in [9.17, 15) is 4.79 Å². The summed E-state index contributed by atoms with van der Waals surface area (Å²) >= 11 is 0. The quantitative estimate of drug-likeness (QED) is 0.795. The molecule has 2 aliphatic heterocycles. The third-order valence-corrected chi connectivity index (χ3v) is 4.11. The number of nitrogens with zero attached hydrogens (tertiary/aromatic N) is 1. The van der Waals surface area contributed by atoms with Crippen LogP contribution in [0.15, 0.2) is 0 Å². The van der Waals surface area contributed by atoms with Crippen molar-refractivity contribution in [3.63, 3.8) is 0 Å². The van der Waals surface area contributed by atoms with E-state index in [4.69, 9.17) is 4.74 Å². The summed E-state index contributed by atoms with van der Waals surface area (Å²) in [4.78, 5) is 14.0. The number of nitrogens with one attached hydrogen (secondary N) is 1. The molecular formula is C15H28N2O2. The molecule has 110 valence electrons. The summed E-state index contributed by atoms with van der Waals surface area (Å²) in [5, 5.41) is 3.48. The molecule has 4 nitrogen and oxygen atoms in total. The Hall–Kier alpha value is -0.770. The van der Waals surface area contributed by atoms with Crippen LogP contribution in [-0.2, 0) is 4.74 Å². The second kappa shape index (κ2) is 6.12. The number of rotatable bonds is 1. The molecular weight excluding hydrogens is 240 g/mol. The predicted octanol–water partition coefficient (Wildman–Crippen LogP) is 2.63. The lowest BCUT2D eigenvalue weighted by Crippen LogP contribution is -2.46. The Morgan fingerprint density at radius 1 is 1.21 bits per heavy atom. The molecule has 0 aromatic carbocycles. The molecule has 0 aliphatic carbocycles. The third kappa shape index (κ3) is 4.37. The van der Waals surface area contributed by atoms with Gasteiger partial charge < -0.3 is 15.0 Å². The lowest BCUT2D eigenvalue weighted by Gasteiger charge is -2.39. The van der Waals surface area contributed by atoms with Crippen molar-refractivity contribution in [1.82, 2.24) is 10.2 Å². The van der Waals surface area contributed by atoms with E-state index in [1.54, 1.807) is 0 Å². The zero-order chi connectivity index (χ0) is 13.9. The van der Waals surface area contributed by atoms with E-state index >= 15 is 0 Å². The van der Waals surface area contributed by atoms with Crippen LogP contribution in [-0.4, -0.2) is 42.8 Å². The van der Waals surface area contributed by atoms with Crippen LogP contribution in [0.4, 0.5) is 4.79 Å². The number of piperidine rings is 2. The molecule has 2 fully saturated rings. The number of amides is 1. The smallest absolute Gasteiger partial charge is 0.410 e. The number of carbonyl (C=O) groups excluding carboxylic acids is 1. The lowest BCUT2D eigenvalue weighted by molar-refractivity contribution is 0.0120. The van der Waals surface area contributed by atoms with E-state index < -0.39 is 5.60 Å². The van der Waals surface area contributed by atoms with Gasteiger partial charge in [0.15, 0.2) is 0 Å². The molecule has 2 heterocycles. The summed E-state index contributed by atoms with van der Waals surface area (Å²) in [5.74, 6) is 1.38. The van der Waals surface area contributed by atoms with Crippen LogP contribution in [0.3, 0.4) is 0 Å². The molecule has 2 aliphatic rings. The second-order valence-electron chi connectivity index (χ2n) is 6.94. The fourth-order valence-corrected chi connectivity index (χ4v) is 3.17. The molecule has 0 aromatic heterocycles. The Morgan fingerprint density at radius 3 is 2.58 bits per heavy atom. The van der Waals surface area contributed by atoms with Gasteiger partial charge in [0, 0.05) is 13.1 Å². The van der Waals surface area contributed by atoms with Crippen LogP contribution in [0.1, 0.15) is 46.5 Å². The molecule has 4 heteroatoms. The summed E-state index contributed by atoms with van der Waals surface area (Å²) in [7, 11) is 0. The zero-order valence-corrected chi connectivity index (χ0v) is 12.6. The van der Waals surface area contributed by atoms with Crippen molar-refractivity contribution >= 4 is 6.09 Å². The van der Waals surface area contributed by atoms with Crippen molar-refractivity contribution in [2.75, 3.05) is 26.2 Å². The minimum atomic E-state index is -0.392. The third-order valence-electron chi connectivity index (χ3n) is 4.11. The molecule has 0 bridgehead atoms. The molecule has 0 radical (unpaired) electrons. The van der Waals surface area contributed by atoms with Crippen LogP contribution in [0.2, 0.25) is 0 Å². The highest BCUT2D eigenvalue weighted by Gasteiger charge is 2.32. The minimum absolute atomic E-state index is 0.138. The molecule has 2 saturated heterocycles. The SMILES string of the molecule is CC(C)(C)OC(=O)N1CCC[C@@H]([C@@H]2CCCNC2)C1. The Morgan fingerprint density at radius 2 is 1.95 bits per heavy atom. The van der Waals surface area contributed by atoms with Crippen LogP contribution in [0, 0.1) is 11.8 Å². The van der Waals surface area contributed by atoms with Gasteiger partial charge in [-0.2, -0.15) is 0 Å². The minimum Gasteiger partial charge on any atom is -0.444 e. The maximum absolute atomic E-state index is 12.1. The molecule has 2 rings (SSSR count). The van der Waals surface area contributed by atoms with Gasteiger partial charge in [0.1, 0.15) is 5.60 Å². The van der Waals surface area contributed by atoms with Gasteiger partial charge in [-0.25, -0.2) is 4.79 Å². The van der Waals surface area contributed by atoms with Crippen LogP contribution in [0.5, 0.6) is 0 Å². The number of ether oxygens (including phenoxy) is 1. The van der Waals surface area contributed by atoms with E-state index in [2.05, 4.69) is 5.32 Å². The molecule has 19 heavy (non-hydrogen) atoms. The summed E-state index contributed by atoms with van der Waals surface area (Å²) in [6.45, 7) is 9.78. The van der Waals surface area contributed by atoms with Gasteiger partial charge in [0.2, 0.25) is 0 Å². The summed E-state index contributed by atoms with van der Waals surface area (Å²) in [6, 6.07) is 0. The first kappa shape index (κ1) is 14.6. The molecule has 0 spiro atoms. The summed E-state index contributed by atoms with van der Waals surface area (Å²) in [6.07, 6.45) is 4.81. The second-order valence-corrected chi connectivity index (χ2v) is 6.94. The van der Waals surface area contributed by atoms with Crippen molar-refractivity contribution in [1.29, 1.82) is 0 Å². The number of hydrogen-bond donors (Lipinski definition) is 1. The van der Waals surface area contributed by atoms with Gasteiger partial charge in [0.25, 0.3) is 0 Å². The highest BCUT2D eigenvalue weighted by Crippen LogP contribution is 2.29. The van der Waals surface area contributed by atoms with Gasteiger partial charge in [-0.1, -0.05) is 0 Å². The van der Waals surface area contributed by atoms with Crippen LogP contribution in [0.25, 0.3) is 0 Å². The number of hydrogen-bond acceptors (Lipinski definition) is 3. The van der Waals surface area contributed by atoms with Gasteiger partial charge in [0.05, 0.1) is 0 Å². The van der Waals surface area contributed by atoms with E-state index in [1.807, 2.05) is 25.7 Å². The Labute approximate surface area is 116 Å². The molecule has 0 aromatic rings. The first-order chi connectivity index (χ1) is 8.96. The standard InChI is InChI=1S/C15H28N2O2/c1-15(2,3)19-14(18)17-9-5-7-13(11-17)12-6-4-8-16-10-12/h12-13,16H,4-11H2,1-3H3/t12-,13-/m1/s1. The normalized spacial score (nSPS) is 29.1. The highest BCUT2D eigenvalue weighted by atomic mass is 16.6. The molecule has 1 N–H and O–H groups in total. The van der Waals surface area contributed by atoms with Crippen molar-refractivity contribution in [2.45, 2.75) is 52.1 Å². The van der Waals surface area contributed by atoms with Gasteiger partial charge in [-0.3, -0.25) is 0 Å². The summed E-state index contributed by atoms with van der Waals surface area (Å²) < 4.78 is 5.48. The zero-order valence-electron chi connectivity index (χ0n) is 12.6. The summed E-state index contributed by atoms with van der Waals surface area (Å²) in [5.41, 5.74) is -0.392. The van der Waals surface area contributed by atoms with Gasteiger partial charge in [-0.05, 0) is 71.4 Å². The molecule has 0 unspecified atom stereocenters. The fraction of sp³-hybridized carbons (Fsp3) is 0.933.